The molecule has 2 aliphatic heterocycles. The van der Waals surface area contributed by atoms with Gasteiger partial charge in [-0.15, -0.1) is 11.8 Å². The Balaban J connectivity index is 1.70. The van der Waals surface area contributed by atoms with Crippen molar-refractivity contribution in [3.8, 4) is 5.75 Å². The summed E-state index contributed by atoms with van der Waals surface area (Å²) >= 11 is 1.78. The molecular weight excluding hydrogens is 312 g/mol. The van der Waals surface area contributed by atoms with Crippen molar-refractivity contribution in [3.63, 3.8) is 0 Å². The maximum absolute atomic E-state index is 11.0. The van der Waals surface area contributed by atoms with Gasteiger partial charge in [0.15, 0.2) is 0 Å². The van der Waals surface area contributed by atoms with E-state index in [0.717, 1.165) is 35.7 Å². The molecule has 118 valence electrons. The molecule has 0 bridgehead atoms. The summed E-state index contributed by atoms with van der Waals surface area (Å²) in [7, 11) is 1.69. The van der Waals surface area contributed by atoms with E-state index in [4.69, 9.17) is 4.74 Å². The standard InChI is InChI=1S/C17H16N2O3S/c1-22-14-3-4-15-11(9-14)6-7-18-10-12-8-13(19(20)21)2-5-16(12)23-17(15)18/h2-5,8-9,17H,6-7,10H2,1H3/t17-/m1/s1. The van der Waals surface area contributed by atoms with Gasteiger partial charge in [-0.1, -0.05) is 6.07 Å². The number of nitro groups is 1. The third-order valence-corrected chi connectivity index (χ3v) is 5.91. The van der Waals surface area contributed by atoms with Crippen molar-refractivity contribution in [2.24, 2.45) is 0 Å². The van der Waals surface area contributed by atoms with Gasteiger partial charge in [0.25, 0.3) is 5.69 Å². The molecule has 0 fully saturated rings. The summed E-state index contributed by atoms with van der Waals surface area (Å²) in [4.78, 5) is 14.2. The maximum atomic E-state index is 11.0. The Bertz CT molecular complexity index is 793. The van der Waals surface area contributed by atoms with E-state index in [1.807, 2.05) is 12.1 Å². The molecule has 0 N–H and O–H groups in total. The molecule has 0 aromatic heterocycles. The molecule has 0 aliphatic carbocycles. The fourth-order valence-corrected chi connectivity index (χ4v) is 4.65. The highest BCUT2D eigenvalue weighted by Crippen LogP contribution is 2.48. The van der Waals surface area contributed by atoms with Crippen LogP contribution in [0.4, 0.5) is 5.69 Å². The summed E-state index contributed by atoms with van der Waals surface area (Å²) in [6, 6.07) is 11.5. The third-order valence-electron chi connectivity index (χ3n) is 4.48. The summed E-state index contributed by atoms with van der Waals surface area (Å²) in [6.07, 6.45) is 0.980. The first kappa shape index (κ1) is 14.5. The summed E-state index contributed by atoms with van der Waals surface area (Å²) in [5.41, 5.74) is 3.89. The second-order valence-electron chi connectivity index (χ2n) is 5.80. The molecule has 4 rings (SSSR count). The van der Waals surface area contributed by atoms with E-state index in [0.29, 0.717) is 0 Å². The van der Waals surface area contributed by atoms with Crippen LogP contribution in [0.5, 0.6) is 5.75 Å². The van der Waals surface area contributed by atoms with Crippen LogP contribution in [0.1, 0.15) is 22.1 Å². The lowest BCUT2D eigenvalue weighted by Crippen LogP contribution is -2.35. The zero-order valence-corrected chi connectivity index (χ0v) is 13.5. The molecule has 2 aromatic carbocycles. The molecule has 0 spiro atoms. The van der Waals surface area contributed by atoms with E-state index in [1.165, 1.54) is 11.1 Å². The molecule has 2 aromatic rings. The van der Waals surface area contributed by atoms with Crippen molar-refractivity contribution >= 4 is 17.4 Å². The molecule has 5 nitrogen and oxygen atoms in total. The number of rotatable bonds is 2. The van der Waals surface area contributed by atoms with Crippen LogP contribution in [-0.2, 0) is 13.0 Å². The fourth-order valence-electron chi connectivity index (χ4n) is 3.30. The number of nitro benzene ring substituents is 1. The normalized spacial score (nSPS) is 19.4. The number of hydrogen-bond acceptors (Lipinski definition) is 5. The molecule has 0 unspecified atom stereocenters. The molecule has 2 aliphatic rings. The van der Waals surface area contributed by atoms with Crippen molar-refractivity contribution in [2.45, 2.75) is 23.2 Å². The number of hydrogen-bond donors (Lipinski definition) is 0. The van der Waals surface area contributed by atoms with Crippen molar-refractivity contribution in [2.75, 3.05) is 13.7 Å². The van der Waals surface area contributed by atoms with Gasteiger partial charge in [-0.25, -0.2) is 0 Å². The smallest absolute Gasteiger partial charge is 0.269 e. The predicted octanol–water partition coefficient (Wildman–Crippen LogP) is 3.77. The number of thioether (sulfide) groups is 1. The van der Waals surface area contributed by atoms with Gasteiger partial charge in [-0.05, 0) is 41.3 Å². The lowest BCUT2D eigenvalue weighted by Gasteiger charge is -2.40. The highest BCUT2D eigenvalue weighted by atomic mass is 32.2. The van der Waals surface area contributed by atoms with E-state index < -0.39 is 0 Å². The van der Waals surface area contributed by atoms with E-state index in [9.17, 15) is 10.1 Å². The second-order valence-corrected chi connectivity index (χ2v) is 6.93. The Morgan fingerprint density at radius 1 is 1.26 bits per heavy atom. The summed E-state index contributed by atoms with van der Waals surface area (Å²) in [6.45, 7) is 1.72. The Hall–Kier alpha value is -2.05. The van der Waals surface area contributed by atoms with Gasteiger partial charge in [0.05, 0.1) is 17.4 Å². The summed E-state index contributed by atoms with van der Waals surface area (Å²) < 4.78 is 5.32. The second kappa shape index (κ2) is 5.54. The first-order chi connectivity index (χ1) is 11.2. The molecule has 0 saturated heterocycles. The van der Waals surface area contributed by atoms with Crippen LogP contribution in [0.15, 0.2) is 41.3 Å². The molecule has 1 atom stereocenters. The van der Waals surface area contributed by atoms with Crippen molar-refractivity contribution in [1.82, 2.24) is 4.90 Å². The molecule has 0 amide bonds. The van der Waals surface area contributed by atoms with Crippen LogP contribution in [-0.4, -0.2) is 23.5 Å². The molecular formula is C17H16N2O3S. The Kier molecular flexibility index (Phi) is 3.50. The van der Waals surface area contributed by atoms with Crippen LogP contribution in [0.3, 0.4) is 0 Å². The first-order valence-electron chi connectivity index (χ1n) is 7.50. The van der Waals surface area contributed by atoms with Crippen molar-refractivity contribution in [1.29, 1.82) is 0 Å². The number of benzene rings is 2. The van der Waals surface area contributed by atoms with Crippen LogP contribution < -0.4 is 4.74 Å². The minimum absolute atomic E-state index is 0.171. The minimum Gasteiger partial charge on any atom is -0.497 e. The fraction of sp³-hybridized carbons (Fsp3) is 0.294. The van der Waals surface area contributed by atoms with E-state index in [2.05, 4.69) is 17.0 Å². The summed E-state index contributed by atoms with van der Waals surface area (Å²) in [5, 5.41) is 11.2. The lowest BCUT2D eigenvalue weighted by atomic mass is 9.98. The first-order valence-corrected chi connectivity index (χ1v) is 8.38. The van der Waals surface area contributed by atoms with Gasteiger partial charge in [0, 0.05) is 30.1 Å². The number of fused-ring (bicyclic) bond motifs is 4. The van der Waals surface area contributed by atoms with Crippen LogP contribution in [0, 0.1) is 10.1 Å². The highest BCUT2D eigenvalue weighted by molar-refractivity contribution is 7.99. The molecule has 23 heavy (non-hydrogen) atoms. The molecule has 2 heterocycles. The van der Waals surface area contributed by atoms with Crippen LogP contribution in [0.2, 0.25) is 0 Å². The monoisotopic (exact) mass is 328 g/mol. The maximum Gasteiger partial charge on any atom is 0.269 e. The Morgan fingerprint density at radius 3 is 2.91 bits per heavy atom. The van der Waals surface area contributed by atoms with E-state index in [1.54, 1.807) is 31.0 Å². The quantitative estimate of drug-likeness (QED) is 0.620. The topological polar surface area (TPSA) is 55.6 Å². The van der Waals surface area contributed by atoms with Crippen LogP contribution >= 0.6 is 11.8 Å². The SMILES string of the molecule is COc1ccc2c(c1)CCN1Cc3cc([N+](=O)[O-])ccc3S[C@H]21. The van der Waals surface area contributed by atoms with Gasteiger partial charge < -0.3 is 4.74 Å². The van der Waals surface area contributed by atoms with Crippen molar-refractivity contribution in [3.05, 3.63) is 63.2 Å². The van der Waals surface area contributed by atoms with E-state index in [-0.39, 0.29) is 16.0 Å². The van der Waals surface area contributed by atoms with Gasteiger partial charge in [-0.3, -0.25) is 15.0 Å². The molecule has 6 heteroatoms. The minimum atomic E-state index is -0.325. The zero-order chi connectivity index (χ0) is 16.0. The number of ether oxygens (including phenoxy) is 1. The number of non-ortho nitro benzene ring substituents is 1. The average Bonchev–Trinajstić information content (AvgIpc) is 2.58. The zero-order valence-electron chi connectivity index (χ0n) is 12.7. The number of nitrogens with zero attached hydrogens (tertiary/aromatic N) is 2. The van der Waals surface area contributed by atoms with Gasteiger partial charge in [-0.2, -0.15) is 0 Å². The highest BCUT2D eigenvalue weighted by Gasteiger charge is 2.33. The average molecular weight is 328 g/mol. The van der Waals surface area contributed by atoms with Gasteiger partial charge in [0.1, 0.15) is 5.75 Å². The Morgan fingerprint density at radius 2 is 2.13 bits per heavy atom. The van der Waals surface area contributed by atoms with Gasteiger partial charge >= 0.3 is 0 Å². The summed E-state index contributed by atoms with van der Waals surface area (Å²) in [5.74, 6) is 0.897. The van der Waals surface area contributed by atoms with Crippen molar-refractivity contribution < 1.29 is 9.66 Å². The molecule has 0 radical (unpaired) electrons. The predicted molar refractivity (Wildman–Crippen MR) is 88.8 cm³/mol. The molecule has 0 saturated carbocycles. The number of methoxy groups -OCH3 is 1. The largest absolute Gasteiger partial charge is 0.497 e. The Labute approximate surface area is 138 Å². The van der Waals surface area contributed by atoms with E-state index >= 15 is 0 Å². The third kappa shape index (κ3) is 2.48. The lowest BCUT2D eigenvalue weighted by molar-refractivity contribution is -0.385. The van der Waals surface area contributed by atoms with Gasteiger partial charge in [0.2, 0.25) is 0 Å². The van der Waals surface area contributed by atoms with Crippen LogP contribution in [0.25, 0.3) is 0 Å².